The van der Waals surface area contributed by atoms with Crippen LogP contribution in [-0.4, -0.2) is 23.0 Å². The molecule has 0 N–H and O–H groups in total. The van der Waals surface area contributed by atoms with Crippen LogP contribution in [0.15, 0.2) is 65.2 Å². The molecule has 0 atom stereocenters. The highest BCUT2D eigenvalue weighted by atomic mass is 19.1. The molecular formula is C18H15FN2O2. The topological polar surface area (TPSA) is 46.3 Å². The van der Waals surface area contributed by atoms with Gasteiger partial charge in [0.1, 0.15) is 11.5 Å². The molecular weight excluding hydrogens is 295 g/mol. The van der Waals surface area contributed by atoms with Gasteiger partial charge in [0.2, 0.25) is 5.76 Å². The summed E-state index contributed by atoms with van der Waals surface area (Å²) in [6.45, 7) is 0.478. The summed E-state index contributed by atoms with van der Waals surface area (Å²) >= 11 is 0. The van der Waals surface area contributed by atoms with E-state index < -0.39 is 0 Å². The van der Waals surface area contributed by atoms with E-state index in [9.17, 15) is 9.18 Å². The highest BCUT2D eigenvalue weighted by Crippen LogP contribution is 2.20. The van der Waals surface area contributed by atoms with E-state index in [1.54, 1.807) is 30.1 Å². The molecule has 116 valence electrons. The van der Waals surface area contributed by atoms with Crippen LogP contribution in [0.4, 0.5) is 4.39 Å². The van der Waals surface area contributed by atoms with Gasteiger partial charge in [-0.2, -0.15) is 0 Å². The van der Waals surface area contributed by atoms with Gasteiger partial charge in [-0.15, -0.1) is 0 Å². The molecule has 1 amide bonds. The monoisotopic (exact) mass is 310 g/mol. The van der Waals surface area contributed by atoms with Gasteiger partial charge in [-0.25, -0.2) is 4.39 Å². The van der Waals surface area contributed by atoms with Crippen LogP contribution >= 0.6 is 0 Å². The smallest absolute Gasteiger partial charge is 0.292 e. The van der Waals surface area contributed by atoms with Crippen molar-refractivity contribution in [1.29, 1.82) is 0 Å². The molecule has 3 rings (SSSR count). The van der Waals surface area contributed by atoms with Gasteiger partial charge in [0, 0.05) is 25.2 Å². The lowest BCUT2D eigenvalue weighted by Crippen LogP contribution is -2.25. The SMILES string of the molecule is CN(Cc1ccccc1)C(=O)c1cc(-c2ccc(F)cc2)no1. The summed E-state index contributed by atoms with van der Waals surface area (Å²) in [6, 6.07) is 17.1. The van der Waals surface area contributed by atoms with Crippen molar-refractivity contribution in [2.75, 3.05) is 7.05 Å². The Morgan fingerprint density at radius 3 is 2.52 bits per heavy atom. The molecule has 0 spiro atoms. The number of amides is 1. The van der Waals surface area contributed by atoms with Gasteiger partial charge in [-0.3, -0.25) is 4.79 Å². The number of benzene rings is 2. The normalized spacial score (nSPS) is 10.5. The van der Waals surface area contributed by atoms with E-state index >= 15 is 0 Å². The number of carbonyl (C=O) groups is 1. The highest BCUT2D eigenvalue weighted by Gasteiger charge is 2.18. The molecule has 3 aromatic rings. The van der Waals surface area contributed by atoms with E-state index in [4.69, 9.17) is 4.52 Å². The summed E-state index contributed by atoms with van der Waals surface area (Å²) in [5.74, 6) is -0.423. The van der Waals surface area contributed by atoms with Crippen LogP contribution in [0.5, 0.6) is 0 Å². The van der Waals surface area contributed by atoms with Crippen LogP contribution in [0.25, 0.3) is 11.3 Å². The lowest BCUT2D eigenvalue weighted by Gasteiger charge is -2.15. The minimum atomic E-state index is -0.323. The number of halogens is 1. The van der Waals surface area contributed by atoms with Crippen LogP contribution in [-0.2, 0) is 6.54 Å². The third kappa shape index (κ3) is 3.45. The van der Waals surface area contributed by atoms with Gasteiger partial charge in [0.05, 0.1) is 0 Å². The maximum Gasteiger partial charge on any atom is 0.292 e. The van der Waals surface area contributed by atoms with Crippen LogP contribution in [0.3, 0.4) is 0 Å². The van der Waals surface area contributed by atoms with Crippen molar-refractivity contribution in [3.63, 3.8) is 0 Å². The zero-order valence-corrected chi connectivity index (χ0v) is 12.6. The van der Waals surface area contributed by atoms with E-state index in [-0.39, 0.29) is 17.5 Å². The van der Waals surface area contributed by atoms with Crippen molar-refractivity contribution < 1.29 is 13.7 Å². The van der Waals surface area contributed by atoms with Crippen LogP contribution in [0.2, 0.25) is 0 Å². The Kier molecular flexibility index (Phi) is 4.19. The minimum absolute atomic E-state index is 0.155. The molecule has 23 heavy (non-hydrogen) atoms. The average molecular weight is 310 g/mol. The van der Waals surface area contributed by atoms with Crippen LogP contribution in [0, 0.1) is 5.82 Å². The van der Waals surface area contributed by atoms with Crippen LogP contribution in [0.1, 0.15) is 16.1 Å². The molecule has 0 unspecified atom stereocenters. The Bertz CT molecular complexity index is 797. The van der Waals surface area contributed by atoms with Gasteiger partial charge < -0.3 is 9.42 Å². The lowest BCUT2D eigenvalue weighted by atomic mass is 10.1. The number of carbonyl (C=O) groups excluding carboxylic acids is 1. The van der Waals surface area contributed by atoms with Gasteiger partial charge in [0.25, 0.3) is 5.91 Å². The number of rotatable bonds is 4. The minimum Gasteiger partial charge on any atom is -0.350 e. The van der Waals surface area contributed by atoms with E-state index in [0.29, 0.717) is 17.8 Å². The Morgan fingerprint density at radius 1 is 1.13 bits per heavy atom. The standard InChI is InChI=1S/C18H15FN2O2/c1-21(12-13-5-3-2-4-6-13)18(22)17-11-16(20-23-17)14-7-9-15(19)10-8-14/h2-11H,12H2,1H3. The molecule has 0 aliphatic heterocycles. The maximum absolute atomic E-state index is 12.9. The fraction of sp³-hybridized carbons (Fsp3) is 0.111. The largest absolute Gasteiger partial charge is 0.350 e. The molecule has 0 saturated carbocycles. The summed E-state index contributed by atoms with van der Waals surface area (Å²) in [4.78, 5) is 13.9. The molecule has 1 aromatic heterocycles. The summed E-state index contributed by atoms with van der Waals surface area (Å²) in [5, 5.41) is 3.88. The van der Waals surface area contributed by atoms with E-state index in [0.717, 1.165) is 5.56 Å². The second-order valence-electron chi connectivity index (χ2n) is 5.23. The highest BCUT2D eigenvalue weighted by molar-refractivity contribution is 5.92. The summed E-state index contributed by atoms with van der Waals surface area (Å²) in [6.07, 6.45) is 0. The Labute approximate surface area is 133 Å². The van der Waals surface area contributed by atoms with Gasteiger partial charge in [-0.1, -0.05) is 35.5 Å². The number of hydrogen-bond acceptors (Lipinski definition) is 3. The Hall–Kier alpha value is -2.95. The number of aromatic nitrogens is 1. The first kappa shape index (κ1) is 15.0. The number of hydrogen-bond donors (Lipinski definition) is 0. The Balaban J connectivity index is 1.74. The van der Waals surface area contributed by atoms with Crippen molar-refractivity contribution >= 4 is 5.91 Å². The predicted molar refractivity (Wildman–Crippen MR) is 84.1 cm³/mol. The van der Waals surface area contributed by atoms with Crippen LogP contribution < -0.4 is 0 Å². The second kappa shape index (κ2) is 6.44. The quantitative estimate of drug-likeness (QED) is 0.737. The molecule has 0 saturated heterocycles. The average Bonchev–Trinajstić information content (AvgIpc) is 3.05. The summed E-state index contributed by atoms with van der Waals surface area (Å²) in [7, 11) is 1.70. The molecule has 4 nitrogen and oxygen atoms in total. The summed E-state index contributed by atoms with van der Waals surface area (Å²) < 4.78 is 18.1. The fourth-order valence-corrected chi connectivity index (χ4v) is 2.25. The second-order valence-corrected chi connectivity index (χ2v) is 5.23. The Morgan fingerprint density at radius 2 is 1.83 bits per heavy atom. The van der Waals surface area contributed by atoms with Gasteiger partial charge >= 0.3 is 0 Å². The summed E-state index contributed by atoms with van der Waals surface area (Å²) in [5.41, 5.74) is 2.22. The first-order valence-electron chi connectivity index (χ1n) is 7.15. The van der Waals surface area contributed by atoms with Crippen molar-refractivity contribution in [2.45, 2.75) is 6.54 Å². The third-order valence-corrected chi connectivity index (χ3v) is 3.47. The number of nitrogens with zero attached hydrogens (tertiary/aromatic N) is 2. The molecule has 1 heterocycles. The molecule has 5 heteroatoms. The molecule has 0 radical (unpaired) electrons. The van der Waals surface area contributed by atoms with E-state index in [1.807, 2.05) is 30.3 Å². The molecule has 0 bridgehead atoms. The van der Waals surface area contributed by atoms with Crippen molar-refractivity contribution in [3.05, 3.63) is 77.8 Å². The molecule has 0 fully saturated rings. The van der Waals surface area contributed by atoms with Crippen molar-refractivity contribution in [2.24, 2.45) is 0 Å². The molecule has 0 aliphatic carbocycles. The van der Waals surface area contributed by atoms with E-state index in [2.05, 4.69) is 5.16 Å². The molecule has 2 aromatic carbocycles. The van der Waals surface area contributed by atoms with Crippen molar-refractivity contribution in [3.8, 4) is 11.3 Å². The zero-order valence-electron chi connectivity index (χ0n) is 12.6. The fourth-order valence-electron chi connectivity index (χ4n) is 2.25. The van der Waals surface area contributed by atoms with Gasteiger partial charge in [0.15, 0.2) is 0 Å². The lowest BCUT2D eigenvalue weighted by molar-refractivity contribution is 0.0743. The first-order chi connectivity index (χ1) is 11.1. The van der Waals surface area contributed by atoms with Crippen molar-refractivity contribution in [1.82, 2.24) is 10.1 Å². The maximum atomic E-state index is 12.9. The third-order valence-electron chi connectivity index (χ3n) is 3.47. The first-order valence-corrected chi connectivity index (χ1v) is 7.15. The molecule has 0 aliphatic rings. The predicted octanol–water partition coefficient (Wildman–Crippen LogP) is 3.75. The zero-order chi connectivity index (χ0) is 16.2. The van der Waals surface area contributed by atoms with E-state index in [1.165, 1.54) is 12.1 Å². The van der Waals surface area contributed by atoms with Gasteiger partial charge in [-0.05, 0) is 29.8 Å².